The van der Waals surface area contributed by atoms with Crippen LogP contribution in [0.2, 0.25) is 0 Å². The lowest BCUT2D eigenvalue weighted by atomic mass is 10.0. The SMILES string of the molecule is O=C(COC1/C=C\CCCCC1)NCc1ccc(CNC(=O)C(F)(F)F)cc1. The van der Waals surface area contributed by atoms with Crippen molar-refractivity contribution < 1.29 is 27.5 Å². The van der Waals surface area contributed by atoms with Gasteiger partial charge in [-0.25, -0.2) is 0 Å². The van der Waals surface area contributed by atoms with Gasteiger partial charge >= 0.3 is 12.1 Å². The van der Waals surface area contributed by atoms with Crippen LogP contribution in [0.15, 0.2) is 36.4 Å². The van der Waals surface area contributed by atoms with Crippen LogP contribution < -0.4 is 10.6 Å². The van der Waals surface area contributed by atoms with Gasteiger partial charge in [-0.15, -0.1) is 0 Å². The second-order valence-corrected chi connectivity index (χ2v) is 6.69. The summed E-state index contributed by atoms with van der Waals surface area (Å²) in [6.45, 7) is 0.0577. The summed E-state index contributed by atoms with van der Waals surface area (Å²) in [7, 11) is 0. The van der Waals surface area contributed by atoms with Crippen molar-refractivity contribution in [2.45, 2.75) is 57.5 Å². The number of benzene rings is 1. The van der Waals surface area contributed by atoms with E-state index in [1.54, 1.807) is 24.3 Å². The monoisotopic (exact) mass is 398 g/mol. The van der Waals surface area contributed by atoms with E-state index in [9.17, 15) is 22.8 Å². The molecular formula is C20H25F3N2O3. The van der Waals surface area contributed by atoms with Gasteiger partial charge in [0, 0.05) is 13.1 Å². The highest BCUT2D eigenvalue weighted by molar-refractivity contribution is 5.81. The molecule has 0 saturated heterocycles. The van der Waals surface area contributed by atoms with E-state index in [2.05, 4.69) is 11.4 Å². The standard InChI is InChI=1S/C20H25F3N2O3/c21-20(22,23)19(27)25-13-16-10-8-15(9-11-16)12-24-18(26)14-28-17-6-4-2-1-3-5-7-17/h4,6,8-11,17H,1-3,5,7,12-14H2,(H,24,26)(H,25,27)/b6-4-. The molecule has 5 nitrogen and oxygen atoms in total. The van der Waals surface area contributed by atoms with E-state index >= 15 is 0 Å². The van der Waals surface area contributed by atoms with Crippen LogP contribution >= 0.6 is 0 Å². The van der Waals surface area contributed by atoms with Crippen molar-refractivity contribution in [3.8, 4) is 0 Å². The summed E-state index contributed by atoms with van der Waals surface area (Å²) in [6.07, 6.45) is 4.60. The Morgan fingerprint density at radius 3 is 2.29 bits per heavy atom. The Labute approximate surface area is 162 Å². The molecule has 28 heavy (non-hydrogen) atoms. The number of rotatable bonds is 7. The van der Waals surface area contributed by atoms with Crippen LogP contribution in [0.5, 0.6) is 0 Å². The minimum atomic E-state index is -4.89. The number of allylic oxidation sites excluding steroid dienone is 1. The maximum atomic E-state index is 12.1. The van der Waals surface area contributed by atoms with Gasteiger partial charge < -0.3 is 15.4 Å². The summed E-state index contributed by atoms with van der Waals surface area (Å²) in [5.41, 5.74) is 1.33. The number of nitrogens with one attached hydrogen (secondary N) is 2. The molecule has 0 aliphatic heterocycles. The number of amides is 2. The molecule has 154 valence electrons. The molecule has 2 rings (SSSR count). The van der Waals surface area contributed by atoms with E-state index in [1.807, 2.05) is 11.4 Å². The number of hydrogen-bond donors (Lipinski definition) is 2. The van der Waals surface area contributed by atoms with Crippen LogP contribution in [0.25, 0.3) is 0 Å². The molecule has 8 heteroatoms. The second-order valence-electron chi connectivity index (χ2n) is 6.69. The molecule has 2 amide bonds. The summed E-state index contributed by atoms with van der Waals surface area (Å²) >= 11 is 0. The molecule has 1 atom stereocenters. The lowest BCUT2D eigenvalue weighted by molar-refractivity contribution is -0.173. The number of halogens is 3. The maximum absolute atomic E-state index is 12.1. The number of carbonyl (C=O) groups excluding carboxylic acids is 2. The Bertz CT molecular complexity index is 672. The maximum Gasteiger partial charge on any atom is 0.471 e. The fourth-order valence-corrected chi connectivity index (χ4v) is 2.76. The highest BCUT2D eigenvalue weighted by atomic mass is 19.4. The van der Waals surface area contributed by atoms with Crippen LogP contribution in [0.1, 0.15) is 43.2 Å². The highest BCUT2D eigenvalue weighted by Crippen LogP contribution is 2.15. The summed E-state index contributed by atoms with van der Waals surface area (Å²) in [5.74, 6) is -2.19. The molecule has 0 aromatic heterocycles. The van der Waals surface area contributed by atoms with Gasteiger partial charge in [0.2, 0.25) is 5.91 Å². The van der Waals surface area contributed by atoms with Gasteiger partial charge in [-0.1, -0.05) is 49.3 Å². The van der Waals surface area contributed by atoms with Crippen molar-refractivity contribution in [3.63, 3.8) is 0 Å². The average molecular weight is 398 g/mol. The molecule has 0 fully saturated rings. The third-order valence-electron chi connectivity index (χ3n) is 4.36. The van der Waals surface area contributed by atoms with E-state index in [4.69, 9.17) is 4.74 Å². The van der Waals surface area contributed by atoms with Crippen LogP contribution in [-0.4, -0.2) is 30.7 Å². The first-order valence-corrected chi connectivity index (χ1v) is 9.32. The summed E-state index contributed by atoms with van der Waals surface area (Å²) < 4.78 is 42.1. The summed E-state index contributed by atoms with van der Waals surface area (Å²) in [5, 5.41) is 4.56. The molecule has 1 aromatic carbocycles. The molecule has 0 spiro atoms. The normalized spacial score (nSPS) is 18.6. The highest BCUT2D eigenvalue weighted by Gasteiger charge is 2.38. The van der Waals surface area contributed by atoms with Gasteiger partial charge in [-0.3, -0.25) is 9.59 Å². The third kappa shape index (κ3) is 8.12. The predicted octanol–water partition coefficient (Wildman–Crippen LogP) is 3.39. The van der Waals surface area contributed by atoms with Gasteiger partial charge in [0.25, 0.3) is 0 Å². The number of carbonyl (C=O) groups is 2. The molecule has 0 radical (unpaired) electrons. The lowest BCUT2D eigenvalue weighted by Gasteiger charge is -2.16. The van der Waals surface area contributed by atoms with Crippen molar-refractivity contribution in [3.05, 3.63) is 47.5 Å². The molecule has 1 aliphatic carbocycles. The smallest absolute Gasteiger partial charge is 0.364 e. The zero-order valence-corrected chi connectivity index (χ0v) is 15.6. The van der Waals surface area contributed by atoms with Gasteiger partial charge in [0.1, 0.15) is 6.61 Å². The van der Waals surface area contributed by atoms with E-state index < -0.39 is 12.1 Å². The van der Waals surface area contributed by atoms with Gasteiger partial charge in [0.05, 0.1) is 6.10 Å². The minimum Gasteiger partial charge on any atom is -0.364 e. The molecule has 1 aliphatic rings. The Morgan fingerprint density at radius 1 is 1.00 bits per heavy atom. The van der Waals surface area contributed by atoms with Gasteiger partial charge in [0.15, 0.2) is 0 Å². The first-order chi connectivity index (χ1) is 13.3. The quantitative estimate of drug-likeness (QED) is 0.692. The predicted molar refractivity (Wildman–Crippen MR) is 98.2 cm³/mol. The molecule has 0 heterocycles. The second kappa shape index (κ2) is 10.8. The zero-order valence-electron chi connectivity index (χ0n) is 15.6. The van der Waals surface area contributed by atoms with Crippen LogP contribution in [0.3, 0.4) is 0 Å². The lowest BCUT2D eigenvalue weighted by Crippen LogP contribution is -2.36. The minimum absolute atomic E-state index is 0.0173. The van der Waals surface area contributed by atoms with Gasteiger partial charge in [-0.2, -0.15) is 13.2 Å². The van der Waals surface area contributed by atoms with Crippen molar-refractivity contribution in [1.82, 2.24) is 10.6 Å². The topological polar surface area (TPSA) is 67.4 Å². The first kappa shape index (κ1) is 21.9. The average Bonchev–Trinajstić information content (AvgIpc) is 2.63. The fourth-order valence-electron chi connectivity index (χ4n) is 2.76. The third-order valence-corrected chi connectivity index (χ3v) is 4.36. The van der Waals surface area contributed by atoms with E-state index in [1.165, 1.54) is 12.8 Å². The van der Waals surface area contributed by atoms with Crippen molar-refractivity contribution in [1.29, 1.82) is 0 Å². The van der Waals surface area contributed by atoms with E-state index in [-0.39, 0.29) is 31.7 Å². The number of alkyl halides is 3. The van der Waals surface area contributed by atoms with Gasteiger partial charge in [-0.05, 0) is 30.4 Å². The summed E-state index contributed by atoms with van der Waals surface area (Å²) in [4.78, 5) is 22.7. The van der Waals surface area contributed by atoms with Crippen molar-refractivity contribution >= 4 is 11.8 Å². The van der Waals surface area contributed by atoms with Crippen LogP contribution in [-0.2, 0) is 27.4 Å². The molecule has 1 aromatic rings. The van der Waals surface area contributed by atoms with E-state index in [0.29, 0.717) is 5.56 Å². The fraction of sp³-hybridized carbons (Fsp3) is 0.500. The molecule has 0 saturated carbocycles. The Kier molecular flexibility index (Phi) is 8.50. The summed E-state index contributed by atoms with van der Waals surface area (Å²) in [6, 6.07) is 6.59. The molecule has 1 unspecified atom stereocenters. The largest absolute Gasteiger partial charge is 0.471 e. The van der Waals surface area contributed by atoms with E-state index in [0.717, 1.165) is 24.8 Å². The molecule has 2 N–H and O–H groups in total. The number of hydrogen-bond acceptors (Lipinski definition) is 3. The Hall–Kier alpha value is -2.35. The Balaban J connectivity index is 1.69. The van der Waals surface area contributed by atoms with Crippen molar-refractivity contribution in [2.75, 3.05) is 6.61 Å². The molecular weight excluding hydrogens is 373 g/mol. The van der Waals surface area contributed by atoms with Crippen molar-refractivity contribution in [2.24, 2.45) is 0 Å². The zero-order chi connectivity index (χ0) is 20.4. The number of ether oxygens (including phenoxy) is 1. The van der Waals surface area contributed by atoms with Crippen LogP contribution in [0, 0.1) is 0 Å². The van der Waals surface area contributed by atoms with Crippen LogP contribution in [0.4, 0.5) is 13.2 Å². The Morgan fingerprint density at radius 2 is 1.64 bits per heavy atom. The first-order valence-electron chi connectivity index (χ1n) is 9.32. The molecule has 0 bridgehead atoms.